The maximum absolute atomic E-state index is 12.6. The highest BCUT2D eigenvalue weighted by Crippen LogP contribution is 2.34. The molecule has 4 N–H and O–H groups in total. The van der Waals surface area contributed by atoms with Crippen molar-refractivity contribution in [2.24, 2.45) is 5.14 Å². The van der Waals surface area contributed by atoms with Gasteiger partial charge in [-0.1, -0.05) is 0 Å². The van der Waals surface area contributed by atoms with Gasteiger partial charge in [-0.3, -0.25) is 9.59 Å². The van der Waals surface area contributed by atoms with Gasteiger partial charge >= 0.3 is 0 Å². The van der Waals surface area contributed by atoms with Gasteiger partial charge in [-0.05, 0) is 48.5 Å². The number of nitrogen functional groups attached to an aromatic ring is 1. The van der Waals surface area contributed by atoms with Crippen molar-refractivity contribution in [1.82, 2.24) is 0 Å². The fourth-order valence-electron chi connectivity index (χ4n) is 2.46. The van der Waals surface area contributed by atoms with Crippen molar-refractivity contribution in [2.75, 3.05) is 10.6 Å². The van der Waals surface area contributed by atoms with Crippen LogP contribution in [-0.4, -0.2) is 25.5 Å². The lowest BCUT2D eigenvalue weighted by molar-refractivity contribution is -0.121. The average molecular weight is 377 g/mol. The Hall–Kier alpha value is -2.36. The molecule has 1 aliphatic rings. The lowest BCUT2D eigenvalue weighted by atomic mass is 10.3. The zero-order valence-corrected chi connectivity index (χ0v) is 14.6. The smallest absolute Gasteiger partial charge is 0.247 e. The SMILES string of the molecule is Nc1ccc(S[C@@H]2CC(=O)N(c3ccc(S(N)(=O)=O)cc3)C2=O)cc1. The van der Waals surface area contributed by atoms with Gasteiger partial charge in [0.25, 0.3) is 0 Å². The first-order valence-electron chi connectivity index (χ1n) is 7.27. The van der Waals surface area contributed by atoms with Crippen molar-refractivity contribution in [2.45, 2.75) is 21.5 Å². The van der Waals surface area contributed by atoms with Crippen LogP contribution < -0.4 is 15.8 Å². The van der Waals surface area contributed by atoms with E-state index in [9.17, 15) is 18.0 Å². The molecule has 1 aliphatic heterocycles. The van der Waals surface area contributed by atoms with E-state index in [1.165, 1.54) is 36.0 Å². The zero-order valence-electron chi connectivity index (χ0n) is 13.0. The Labute approximate surface area is 149 Å². The molecule has 0 spiro atoms. The fraction of sp³-hybridized carbons (Fsp3) is 0.125. The Balaban J connectivity index is 1.80. The Morgan fingerprint density at radius 3 is 2.16 bits per heavy atom. The van der Waals surface area contributed by atoms with Crippen molar-refractivity contribution >= 4 is 45.0 Å². The van der Waals surface area contributed by atoms with Gasteiger partial charge in [-0.25, -0.2) is 18.5 Å². The lowest BCUT2D eigenvalue weighted by Gasteiger charge is -2.15. The quantitative estimate of drug-likeness (QED) is 0.612. The molecule has 1 heterocycles. The molecule has 2 amide bonds. The maximum atomic E-state index is 12.6. The number of nitrogens with two attached hydrogens (primary N) is 2. The van der Waals surface area contributed by atoms with Gasteiger partial charge in [0.1, 0.15) is 0 Å². The van der Waals surface area contributed by atoms with Crippen LogP contribution in [0, 0.1) is 0 Å². The summed E-state index contributed by atoms with van der Waals surface area (Å²) >= 11 is 1.29. The van der Waals surface area contributed by atoms with Gasteiger partial charge < -0.3 is 5.73 Å². The molecular formula is C16H15N3O4S2. The highest BCUT2D eigenvalue weighted by atomic mass is 32.2. The number of carbonyl (C=O) groups is 2. The summed E-state index contributed by atoms with van der Waals surface area (Å²) in [6, 6.07) is 12.4. The molecule has 25 heavy (non-hydrogen) atoms. The van der Waals surface area contributed by atoms with Gasteiger partial charge in [-0.15, -0.1) is 11.8 Å². The van der Waals surface area contributed by atoms with Crippen LogP contribution in [0.1, 0.15) is 6.42 Å². The summed E-state index contributed by atoms with van der Waals surface area (Å²) in [5.41, 5.74) is 6.58. The molecule has 1 saturated heterocycles. The first-order valence-corrected chi connectivity index (χ1v) is 9.70. The van der Waals surface area contributed by atoms with E-state index in [-0.39, 0.29) is 23.1 Å². The van der Waals surface area contributed by atoms with Gasteiger partial charge in [0.15, 0.2) is 0 Å². The fourth-order valence-corrected chi connectivity index (χ4v) is 4.03. The molecule has 2 aromatic carbocycles. The highest BCUT2D eigenvalue weighted by Gasteiger charge is 2.40. The van der Waals surface area contributed by atoms with Crippen LogP contribution in [0.4, 0.5) is 11.4 Å². The van der Waals surface area contributed by atoms with Gasteiger partial charge in [-0.2, -0.15) is 0 Å². The van der Waals surface area contributed by atoms with Crippen molar-refractivity contribution in [3.63, 3.8) is 0 Å². The minimum Gasteiger partial charge on any atom is -0.399 e. The molecule has 1 fully saturated rings. The van der Waals surface area contributed by atoms with Gasteiger partial charge in [0.05, 0.1) is 15.8 Å². The third kappa shape index (κ3) is 3.68. The van der Waals surface area contributed by atoms with E-state index in [4.69, 9.17) is 10.9 Å². The maximum Gasteiger partial charge on any atom is 0.247 e. The van der Waals surface area contributed by atoms with Gasteiger partial charge in [0.2, 0.25) is 21.8 Å². The van der Waals surface area contributed by atoms with Crippen LogP contribution >= 0.6 is 11.8 Å². The number of amides is 2. The number of primary sulfonamides is 1. The number of sulfonamides is 1. The summed E-state index contributed by atoms with van der Waals surface area (Å²) < 4.78 is 22.6. The number of hydrogen-bond donors (Lipinski definition) is 2. The molecule has 130 valence electrons. The molecule has 0 bridgehead atoms. The van der Waals surface area contributed by atoms with E-state index in [2.05, 4.69) is 0 Å². The predicted molar refractivity (Wildman–Crippen MR) is 95.4 cm³/mol. The van der Waals surface area contributed by atoms with Crippen molar-refractivity contribution in [3.05, 3.63) is 48.5 Å². The van der Waals surface area contributed by atoms with Crippen molar-refractivity contribution in [3.8, 4) is 0 Å². The molecule has 0 aromatic heterocycles. The second kappa shape index (κ2) is 6.51. The minimum absolute atomic E-state index is 0.0742. The van der Waals surface area contributed by atoms with E-state index < -0.39 is 15.3 Å². The van der Waals surface area contributed by atoms with E-state index in [1.54, 1.807) is 24.3 Å². The molecule has 0 radical (unpaired) electrons. The van der Waals surface area contributed by atoms with E-state index in [0.29, 0.717) is 11.4 Å². The Morgan fingerprint density at radius 2 is 1.60 bits per heavy atom. The summed E-state index contributed by atoms with van der Waals surface area (Å²) in [7, 11) is -3.83. The molecule has 2 aromatic rings. The molecular weight excluding hydrogens is 362 g/mol. The standard InChI is InChI=1S/C16H15N3O4S2/c17-10-1-5-12(6-2-10)24-14-9-15(20)19(16(14)21)11-3-7-13(8-4-11)25(18,22)23/h1-8,14H,9,17H2,(H2,18,22,23)/t14-/m1/s1. The molecule has 0 aliphatic carbocycles. The van der Waals surface area contributed by atoms with Crippen LogP contribution in [0.25, 0.3) is 0 Å². The van der Waals surface area contributed by atoms with E-state index in [0.717, 1.165) is 9.80 Å². The highest BCUT2D eigenvalue weighted by molar-refractivity contribution is 8.00. The van der Waals surface area contributed by atoms with E-state index in [1.807, 2.05) is 0 Å². The second-order valence-electron chi connectivity index (χ2n) is 5.49. The number of imide groups is 1. The predicted octanol–water partition coefficient (Wildman–Crippen LogP) is 1.34. The number of carbonyl (C=O) groups excluding carboxylic acids is 2. The Morgan fingerprint density at radius 1 is 1.00 bits per heavy atom. The topological polar surface area (TPSA) is 124 Å². The number of hydrogen-bond acceptors (Lipinski definition) is 6. The first-order chi connectivity index (χ1) is 11.8. The van der Waals surface area contributed by atoms with Crippen LogP contribution in [0.5, 0.6) is 0 Å². The number of thioether (sulfide) groups is 1. The number of anilines is 2. The van der Waals surface area contributed by atoms with Crippen LogP contribution in [0.2, 0.25) is 0 Å². The van der Waals surface area contributed by atoms with Crippen molar-refractivity contribution in [1.29, 1.82) is 0 Å². The van der Waals surface area contributed by atoms with Crippen molar-refractivity contribution < 1.29 is 18.0 Å². The zero-order chi connectivity index (χ0) is 18.2. The molecule has 9 heteroatoms. The summed E-state index contributed by atoms with van der Waals surface area (Å²) in [6.07, 6.45) is 0.0742. The largest absolute Gasteiger partial charge is 0.399 e. The molecule has 3 rings (SSSR count). The number of nitrogens with zero attached hydrogens (tertiary/aromatic N) is 1. The molecule has 1 atom stereocenters. The van der Waals surface area contributed by atoms with Crippen LogP contribution in [0.15, 0.2) is 58.3 Å². The number of rotatable bonds is 4. The summed E-state index contributed by atoms with van der Waals surface area (Å²) in [5.74, 6) is -0.670. The van der Waals surface area contributed by atoms with Crippen LogP contribution in [0.3, 0.4) is 0 Å². The van der Waals surface area contributed by atoms with E-state index >= 15 is 0 Å². The summed E-state index contributed by atoms with van der Waals surface area (Å²) in [6.45, 7) is 0. The first kappa shape index (κ1) is 17.5. The normalized spacial score (nSPS) is 18.0. The average Bonchev–Trinajstić information content (AvgIpc) is 2.83. The second-order valence-corrected chi connectivity index (χ2v) is 8.32. The summed E-state index contributed by atoms with van der Waals surface area (Å²) in [4.78, 5) is 26.7. The molecule has 7 nitrogen and oxygen atoms in total. The third-order valence-electron chi connectivity index (χ3n) is 3.69. The van der Waals surface area contributed by atoms with Crippen LogP contribution in [-0.2, 0) is 19.6 Å². The monoisotopic (exact) mass is 377 g/mol. The third-order valence-corrected chi connectivity index (χ3v) is 5.81. The van der Waals surface area contributed by atoms with Gasteiger partial charge in [0, 0.05) is 17.0 Å². The Bertz CT molecular complexity index is 925. The minimum atomic E-state index is -3.83. The Kier molecular flexibility index (Phi) is 4.55. The molecule has 0 saturated carbocycles. The molecule has 0 unspecified atom stereocenters. The number of benzene rings is 2. The summed E-state index contributed by atoms with van der Waals surface area (Å²) in [5, 5.41) is 4.51. The lowest BCUT2D eigenvalue weighted by Crippen LogP contribution is -2.31.